The number of nitrogens with zero attached hydrogens (tertiary/aromatic N) is 1. The van der Waals surface area contributed by atoms with Gasteiger partial charge in [0.15, 0.2) is 0 Å². The smallest absolute Gasteiger partial charge is 0.0750 e. The normalized spacial score (nSPS) is 34.3. The Morgan fingerprint density at radius 1 is 1.39 bits per heavy atom. The average molecular weight is 277 g/mol. The third-order valence-corrected chi connectivity index (χ3v) is 4.18. The van der Waals surface area contributed by atoms with E-state index in [1.807, 2.05) is 0 Å². The summed E-state index contributed by atoms with van der Waals surface area (Å²) in [5.74, 6) is 0. The van der Waals surface area contributed by atoms with Gasteiger partial charge >= 0.3 is 0 Å². The second-order valence-corrected chi connectivity index (χ2v) is 7.20. The highest BCUT2D eigenvalue weighted by atomic mass is 35.5. The minimum atomic E-state index is 0. The summed E-state index contributed by atoms with van der Waals surface area (Å²) in [7, 11) is 0. The van der Waals surface area contributed by atoms with Crippen LogP contribution in [-0.4, -0.2) is 50.3 Å². The molecule has 2 aliphatic rings. The third-order valence-electron chi connectivity index (χ3n) is 4.18. The molecule has 4 heteroatoms. The monoisotopic (exact) mass is 276 g/mol. The van der Waals surface area contributed by atoms with Gasteiger partial charge in [0.2, 0.25) is 0 Å². The van der Waals surface area contributed by atoms with E-state index in [1.165, 1.54) is 26.1 Å². The van der Waals surface area contributed by atoms with Crippen molar-refractivity contribution in [1.29, 1.82) is 0 Å². The van der Waals surface area contributed by atoms with Crippen molar-refractivity contribution >= 4 is 12.4 Å². The number of ether oxygens (including phenoxy) is 1. The zero-order valence-corrected chi connectivity index (χ0v) is 13.1. The van der Waals surface area contributed by atoms with Gasteiger partial charge in [0, 0.05) is 26.2 Å². The first-order valence-corrected chi connectivity index (χ1v) is 6.94. The molecule has 0 aliphatic carbocycles. The minimum absolute atomic E-state index is 0. The molecule has 0 bridgehead atoms. The van der Waals surface area contributed by atoms with E-state index >= 15 is 0 Å². The molecule has 108 valence electrons. The zero-order valence-electron chi connectivity index (χ0n) is 12.3. The van der Waals surface area contributed by atoms with Crippen LogP contribution in [0, 0.1) is 10.8 Å². The van der Waals surface area contributed by atoms with E-state index < -0.39 is 0 Å². The molecule has 0 saturated carbocycles. The van der Waals surface area contributed by atoms with Crippen molar-refractivity contribution in [2.75, 3.05) is 39.3 Å². The molecule has 2 aliphatic heterocycles. The topological polar surface area (TPSA) is 24.5 Å². The van der Waals surface area contributed by atoms with Crippen molar-refractivity contribution in [3.05, 3.63) is 0 Å². The molecule has 2 unspecified atom stereocenters. The maximum absolute atomic E-state index is 5.91. The summed E-state index contributed by atoms with van der Waals surface area (Å²) in [6.45, 7) is 15.9. The van der Waals surface area contributed by atoms with Crippen LogP contribution in [0.5, 0.6) is 0 Å². The second kappa shape index (κ2) is 6.08. The molecule has 0 aromatic rings. The molecule has 0 aromatic heterocycles. The summed E-state index contributed by atoms with van der Waals surface area (Å²) in [4.78, 5) is 2.60. The number of hydrogen-bond donors (Lipinski definition) is 1. The SMILES string of the molecule is CC1(CN2CCOC(C(C)(C)C)C2)CCNC1.Cl. The van der Waals surface area contributed by atoms with Crippen LogP contribution >= 0.6 is 12.4 Å². The molecule has 2 fully saturated rings. The summed E-state index contributed by atoms with van der Waals surface area (Å²) < 4.78 is 5.91. The Morgan fingerprint density at radius 2 is 2.11 bits per heavy atom. The minimum Gasteiger partial charge on any atom is -0.375 e. The van der Waals surface area contributed by atoms with E-state index in [0.717, 1.165) is 19.7 Å². The first-order valence-electron chi connectivity index (χ1n) is 6.94. The predicted molar refractivity (Wildman–Crippen MR) is 78.5 cm³/mol. The first-order chi connectivity index (χ1) is 7.89. The molecule has 0 aromatic carbocycles. The van der Waals surface area contributed by atoms with Crippen molar-refractivity contribution in [2.45, 2.75) is 40.2 Å². The lowest BCUT2D eigenvalue weighted by Gasteiger charge is -2.42. The van der Waals surface area contributed by atoms with E-state index in [2.05, 4.69) is 37.9 Å². The molecule has 2 rings (SSSR count). The van der Waals surface area contributed by atoms with Gasteiger partial charge in [0.25, 0.3) is 0 Å². The van der Waals surface area contributed by atoms with Gasteiger partial charge < -0.3 is 10.1 Å². The molecule has 3 nitrogen and oxygen atoms in total. The maximum Gasteiger partial charge on any atom is 0.0750 e. The van der Waals surface area contributed by atoms with E-state index in [1.54, 1.807) is 0 Å². The summed E-state index contributed by atoms with van der Waals surface area (Å²) >= 11 is 0. The Balaban J connectivity index is 0.00000162. The quantitative estimate of drug-likeness (QED) is 0.837. The van der Waals surface area contributed by atoms with Gasteiger partial charge in [0.05, 0.1) is 12.7 Å². The number of hydrogen-bond acceptors (Lipinski definition) is 3. The van der Waals surface area contributed by atoms with Crippen LogP contribution in [0.4, 0.5) is 0 Å². The van der Waals surface area contributed by atoms with Gasteiger partial charge in [0.1, 0.15) is 0 Å². The van der Waals surface area contributed by atoms with Gasteiger partial charge in [-0.3, -0.25) is 4.90 Å². The molecular formula is C14H29ClN2O. The lowest BCUT2D eigenvalue weighted by atomic mass is 9.86. The van der Waals surface area contributed by atoms with Crippen LogP contribution in [0.1, 0.15) is 34.1 Å². The first kappa shape index (κ1) is 16.2. The Kier molecular flexibility index (Phi) is 5.48. The molecule has 0 amide bonds. The van der Waals surface area contributed by atoms with Gasteiger partial charge in [-0.2, -0.15) is 0 Å². The lowest BCUT2D eigenvalue weighted by Crippen LogP contribution is -2.51. The molecule has 0 radical (unpaired) electrons. The van der Waals surface area contributed by atoms with E-state index in [4.69, 9.17) is 4.74 Å². The predicted octanol–water partition coefficient (Wildman–Crippen LogP) is 2.15. The van der Waals surface area contributed by atoms with E-state index in [-0.39, 0.29) is 17.8 Å². The van der Waals surface area contributed by atoms with Gasteiger partial charge in [-0.05, 0) is 23.8 Å². The number of nitrogens with one attached hydrogen (secondary N) is 1. The van der Waals surface area contributed by atoms with Crippen molar-refractivity contribution in [1.82, 2.24) is 10.2 Å². The van der Waals surface area contributed by atoms with Crippen LogP contribution < -0.4 is 5.32 Å². The number of halogens is 1. The van der Waals surface area contributed by atoms with Crippen molar-refractivity contribution < 1.29 is 4.74 Å². The molecule has 0 spiro atoms. The summed E-state index contributed by atoms with van der Waals surface area (Å²) in [5.41, 5.74) is 0.729. The fourth-order valence-electron chi connectivity index (χ4n) is 2.91. The lowest BCUT2D eigenvalue weighted by molar-refractivity contribution is -0.0858. The van der Waals surface area contributed by atoms with Crippen molar-refractivity contribution in [3.8, 4) is 0 Å². The Bertz CT molecular complexity index is 259. The third kappa shape index (κ3) is 4.09. The second-order valence-electron chi connectivity index (χ2n) is 7.20. The average Bonchev–Trinajstić information content (AvgIpc) is 2.64. The van der Waals surface area contributed by atoms with Crippen LogP contribution in [0.3, 0.4) is 0 Å². The highest BCUT2D eigenvalue weighted by molar-refractivity contribution is 5.85. The van der Waals surface area contributed by atoms with Crippen LogP contribution in [0.15, 0.2) is 0 Å². The molecule has 18 heavy (non-hydrogen) atoms. The fraction of sp³-hybridized carbons (Fsp3) is 1.00. The highest BCUT2D eigenvalue weighted by Gasteiger charge is 2.35. The van der Waals surface area contributed by atoms with Crippen molar-refractivity contribution in [2.24, 2.45) is 10.8 Å². The van der Waals surface area contributed by atoms with Gasteiger partial charge in [-0.1, -0.05) is 27.7 Å². The summed E-state index contributed by atoms with van der Waals surface area (Å²) in [6.07, 6.45) is 1.69. The summed E-state index contributed by atoms with van der Waals surface area (Å²) in [6, 6.07) is 0. The fourth-order valence-corrected chi connectivity index (χ4v) is 2.91. The van der Waals surface area contributed by atoms with Gasteiger partial charge in [-0.15, -0.1) is 12.4 Å². The maximum atomic E-state index is 5.91. The largest absolute Gasteiger partial charge is 0.375 e. The van der Waals surface area contributed by atoms with E-state index in [0.29, 0.717) is 11.5 Å². The molecular weight excluding hydrogens is 248 g/mol. The standard InChI is InChI=1S/C14H28N2O.ClH/c1-13(2,3)12-9-16(7-8-17-12)11-14(4)5-6-15-10-14;/h12,15H,5-11H2,1-4H3;1H. The van der Waals surface area contributed by atoms with Crippen LogP contribution in [0.2, 0.25) is 0 Å². The number of morpholine rings is 1. The van der Waals surface area contributed by atoms with Gasteiger partial charge in [-0.25, -0.2) is 0 Å². The zero-order chi connectivity index (χ0) is 12.5. The van der Waals surface area contributed by atoms with Crippen LogP contribution in [0.25, 0.3) is 0 Å². The van der Waals surface area contributed by atoms with Crippen LogP contribution in [-0.2, 0) is 4.74 Å². The molecule has 1 N–H and O–H groups in total. The highest BCUT2D eigenvalue weighted by Crippen LogP contribution is 2.29. The Hall–Kier alpha value is 0.170. The number of rotatable bonds is 2. The van der Waals surface area contributed by atoms with E-state index in [9.17, 15) is 0 Å². The molecule has 2 atom stereocenters. The summed E-state index contributed by atoms with van der Waals surface area (Å²) in [5, 5.41) is 3.49. The molecule has 2 heterocycles. The van der Waals surface area contributed by atoms with Crippen molar-refractivity contribution in [3.63, 3.8) is 0 Å². The molecule has 2 saturated heterocycles. The Labute approximate surface area is 118 Å². The Morgan fingerprint density at radius 3 is 2.67 bits per heavy atom.